The lowest BCUT2D eigenvalue weighted by Crippen LogP contribution is -2.71. The average Bonchev–Trinajstić information content (AvgIpc) is 3.29. The SMILES string of the molecule is CC.CC(C)(C)OC=O.CC(C)C.CCc1c(/C(=C/C(=N)c2ccc(OC)cc2)C(C)C)[nH]c2c1C(=O)NC1(C2)CN(C)C1. The van der Waals surface area contributed by atoms with E-state index in [1.807, 2.05) is 65.0 Å². The van der Waals surface area contributed by atoms with Crippen molar-refractivity contribution in [3.8, 4) is 5.75 Å². The number of hydrogen-bond acceptors (Lipinski definition) is 6. The van der Waals surface area contributed by atoms with Crippen LogP contribution >= 0.6 is 0 Å². The maximum atomic E-state index is 13.1. The predicted molar refractivity (Wildman–Crippen MR) is 183 cm³/mol. The maximum absolute atomic E-state index is 13.1. The van der Waals surface area contributed by atoms with Crippen LogP contribution in [0.25, 0.3) is 5.57 Å². The molecule has 0 radical (unpaired) electrons. The minimum atomic E-state index is -0.318. The van der Waals surface area contributed by atoms with Crippen LogP contribution < -0.4 is 10.1 Å². The van der Waals surface area contributed by atoms with Gasteiger partial charge in [-0.1, -0.05) is 55.4 Å². The molecule has 0 atom stereocenters. The van der Waals surface area contributed by atoms with Crippen molar-refractivity contribution in [1.82, 2.24) is 15.2 Å². The zero-order chi connectivity index (χ0) is 33.8. The summed E-state index contributed by atoms with van der Waals surface area (Å²) in [6, 6.07) is 7.55. The monoisotopic (exact) mass is 610 g/mol. The first-order valence-corrected chi connectivity index (χ1v) is 15.9. The van der Waals surface area contributed by atoms with Crippen molar-refractivity contribution in [3.05, 3.63) is 58.4 Å². The highest BCUT2D eigenvalue weighted by Crippen LogP contribution is 2.36. The third-order valence-corrected chi connectivity index (χ3v) is 6.81. The molecule has 44 heavy (non-hydrogen) atoms. The van der Waals surface area contributed by atoms with Gasteiger partial charge in [-0.05, 0) is 93.1 Å². The number of fused-ring (bicyclic) bond motifs is 1. The number of aromatic nitrogens is 1. The fraction of sp³-hybridized carbons (Fsp3) is 0.583. The standard InChI is InChI=1S/C25H32N4O2.C5H10O2.C4H10.C2H6/c1-6-18-22-21(12-25(28-24(22)30)13-29(4)14-25)27-23(18)19(15(2)3)11-20(26)16-7-9-17(31-5)10-8-16;1-5(2,3)7-4-6;1-4(2)3;1-2/h7-11,15,26-27H,6,12-14H2,1-5H3,(H,28,30);4H,1-3H3;4H,1-3H3;1-2H3/b19-11+,26-20?;;;. The molecule has 1 spiro atoms. The summed E-state index contributed by atoms with van der Waals surface area (Å²) in [4.78, 5) is 28.5. The van der Waals surface area contributed by atoms with Crippen LogP contribution in [0, 0.1) is 17.2 Å². The van der Waals surface area contributed by atoms with Crippen LogP contribution in [0.4, 0.5) is 0 Å². The summed E-state index contributed by atoms with van der Waals surface area (Å²) in [7, 11) is 3.72. The highest BCUT2D eigenvalue weighted by atomic mass is 16.5. The minimum absolute atomic E-state index is 0.0297. The van der Waals surface area contributed by atoms with Crippen molar-refractivity contribution >= 4 is 23.7 Å². The van der Waals surface area contributed by atoms with Crippen molar-refractivity contribution in [1.29, 1.82) is 5.41 Å². The molecular formula is C36H58N4O4. The number of rotatable bonds is 7. The van der Waals surface area contributed by atoms with Gasteiger partial charge in [0, 0.05) is 30.9 Å². The molecule has 4 rings (SSSR count). The van der Waals surface area contributed by atoms with E-state index in [0.717, 1.165) is 71.2 Å². The Hall–Kier alpha value is -3.39. The third kappa shape index (κ3) is 11.0. The van der Waals surface area contributed by atoms with Gasteiger partial charge in [-0.3, -0.25) is 9.59 Å². The van der Waals surface area contributed by atoms with Crippen LogP contribution in [0.15, 0.2) is 30.3 Å². The zero-order valence-corrected chi connectivity index (χ0v) is 29.5. The number of carbonyl (C=O) groups excluding carboxylic acids is 2. The van der Waals surface area contributed by atoms with Crippen LogP contribution in [0.5, 0.6) is 5.75 Å². The minimum Gasteiger partial charge on any atom is -0.497 e. The molecule has 1 aromatic heterocycles. The smallest absolute Gasteiger partial charge is 0.293 e. The van der Waals surface area contributed by atoms with E-state index in [4.69, 9.17) is 10.1 Å². The summed E-state index contributed by atoms with van der Waals surface area (Å²) in [5.41, 5.74) is 5.76. The fourth-order valence-electron chi connectivity index (χ4n) is 5.15. The number of carbonyl (C=O) groups is 2. The Kier molecular flexibility index (Phi) is 15.1. The first-order chi connectivity index (χ1) is 20.6. The van der Waals surface area contributed by atoms with Crippen molar-refractivity contribution in [3.63, 3.8) is 0 Å². The number of hydrogen-bond donors (Lipinski definition) is 3. The normalized spacial score (nSPS) is 15.3. The molecule has 1 fully saturated rings. The van der Waals surface area contributed by atoms with E-state index in [9.17, 15) is 9.59 Å². The van der Waals surface area contributed by atoms with Crippen LogP contribution in [-0.4, -0.2) is 66.4 Å². The molecule has 0 bridgehead atoms. The Morgan fingerprint density at radius 1 is 1.09 bits per heavy atom. The van der Waals surface area contributed by atoms with E-state index >= 15 is 0 Å². The third-order valence-electron chi connectivity index (χ3n) is 6.81. The Labute approximate surface area is 266 Å². The molecule has 2 aliphatic heterocycles. The van der Waals surface area contributed by atoms with Crippen molar-refractivity contribution in [2.75, 3.05) is 27.2 Å². The Morgan fingerprint density at radius 3 is 2.02 bits per heavy atom. The van der Waals surface area contributed by atoms with Gasteiger partial charge in [0.2, 0.25) is 0 Å². The number of ether oxygens (including phenoxy) is 2. The number of amides is 1. The molecule has 2 aromatic rings. The number of methoxy groups -OCH3 is 1. The quantitative estimate of drug-likeness (QED) is 0.225. The van der Waals surface area contributed by atoms with Crippen molar-refractivity contribution in [2.45, 2.75) is 100 Å². The van der Waals surface area contributed by atoms with Crippen LogP contribution in [0.1, 0.15) is 109 Å². The molecule has 3 heterocycles. The second-order valence-electron chi connectivity index (χ2n) is 13.2. The molecule has 0 aliphatic carbocycles. The second kappa shape index (κ2) is 17.2. The van der Waals surface area contributed by atoms with Gasteiger partial charge in [0.05, 0.1) is 23.9 Å². The number of H-pyrrole nitrogens is 1. The highest BCUT2D eigenvalue weighted by molar-refractivity contribution is 6.11. The summed E-state index contributed by atoms with van der Waals surface area (Å²) in [6.07, 6.45) is 3.53. The first-order valence-electron chi connectivity index (χ1n) is 15.9. The van der Waals surface area contributed by atoms with Gasteiger partial charge in [-0.2, -0.15) is 0 Å². The number of nitrogens with zero attached hydrogens (tertiary/aromatic N) is 1. The number of aromatic amines is 1. The fourth-order valence-corrected chi connectivity index (χ4v) is 5.15. The molecule has 0 unspecified atom stereocenters. The Bertz CT molecular complexity index is 1240. The van der Waals surface area contributed by atoms with E-state index in [0.29, 0.717) is 12.2 Å². The van der Waals surface area contributed by atoms with Gasteiger partial charge in [-0.15, -0.1) is 0 Å². The maximum Gasteiger partial charge on any atom is 0.293 e. The predicted octanol–water partition coefficient (Wildman–Crippen LogP) is 7.31. The highest BCUT2D eigenvalue weighted by Gasteiger charge is 2.47. The number of likely N-dealkylation sites (N-methyl/N-ethyl adjacent to an activating group) is 1. The van der Waals surface area contributed by atoms with Gasteiger partial charge in [0.25, 0.3) is 12.4 Å². The topological polar surface area (TPSA) is 108 Å². The van der Waals surface area contributed by atoms with E-state index in [2.05, 4.69) is 68.5 Å². The van der Waals surface area contributed by atoms with Gasteiger partial charge < -0.3 is 30.1 Å². The molecule has 246 valence electrons. The molecule has 1 aromatic carbocycles. The molecule has 1 saturated heterocycles. The van der Waals surface area contributed by atoms with E-state index in [-0.39, 0.29) is 23.0 Å². The number of benzene rings is 1. The van der Waals surface area contributed by atoms with Gasteiger partial charge in [0.15, 0.2) is 0 Å². The van der Waals surface area contributed by atoms with E-state index in [1.54, 1.807) is 7.11 Å². The van der Waals surface area contributed by atoms with Gasteiger partial charge >= 0.3 is 0 Å². The molecule has 2 aliphatic rings. The van der Waals surface area contributed by atoms with Crippen LogP contribution in [0.3, 0.4) is 0 Å². The number of allylic oxidation sites excluding steroid dienone is 2. The molecule has 3 N–H and O–H groups in total. The lowest BCUT2D eigenvalue weighted by molar-refractivity contribution is -0.138. The molecular weight excluding hydrogens is 552 g/mol. The Balaban J connectivity index is 0.000000633. The van der Waals surface area contributed by atoms with Crippen molar-refractivity contribution in [2.24, 2.45) is 11.8 Å². The lowest BCUT2D eigenvalue weighted by atomic mass is 9.80. The first kappa shape index (κ1) is 38.6. The summed E-state index contributed by atoms with van der Waals surface area (Å²) in [5.74, 6) is 1.84. The van der Waals surface area contributed by atoms with Gasteiger partial charge in [-0.25, -0.2) is 0 Å². The van der Waals surface area contributed by atoms with Gasteiger partial charge in [0.1, 0.15) is 11.4 Å². The molecule has 0 saturated carbocycles. The molecule has 8 heteroatoms. The number of nitrogens with one attached hydrogen (secondary N) is 3. The second-order valence-corrected chi connectivity index (χ2v) is 13.2. The van der Waals surface area contributed by atoms with Crippen molar-refractivity contribution < 1.29 is 19.1 Å². The van der Waals surface area contributed by atoms with Crippen LogP contribution in [0.2, 0.25) is 0 Å². The largest absolute Gasteiger partial charge is 0.497 e. The van der Waals surface area contributed by atoms with Crippen LogP contribution in [-0.2, 0) is 22.4 Å². The lowest BCUT2D eigenvalue weighted by Gasteiger charge is -2.50. The summed E-state index contributed by atoms with van der Waals surface area (Å²) < 4.78 is 9.78. The number of likely N-dealkylation sites (tertiary alicyclic amines) is 1. The summed E-state index contributed by atoms with van der Waals surface area (Å²) in [6.45, 7) is 24.5. The zero-order valence-electron chi connectivity index (χ0n) is 29.5. The molecule has 1 amide bonds. The van der Waals surface area contributed by atoms with E-state index < -0.39 is 0 Å². The molecule has 8 nitrogen and oxygen atoms in total. The average molecular weight is 611 g/mol. The summed E-state index contributed by atoms with van der Waals surface area (Å²) in [5, 5.41) is 11.9. The Morgan fingerprint density at radius 2 is 1.64 bits per heavy atom. The van der Waals surface area contributed by atoms with E-state index in [1.165, 1.54) is 0 Å². The summed E-state index contributed by atoms with van der Waals surface area (Å²) >= 11 is 0.